The van der Waals surface area contributed by atoms with Crippen molar-refractivity contribution in [1.82, 2.24) is 25.0 Å². The van der Waals surface area contributed by atoms with E-state index in [9.17, 15) is 4.79 Å². The molecule has 1 N–H and O–H groups in total. The number of hydrogen-bond acceptors (Lipinski definition) is 7. The molecule has 1 amide bonds. The highest BCUT2D eigenvalue weighted by Crippen LogP contribution is 2.35. The summed E-state index contributed by atoms with van der Waals surface area (Å²) in [5.41, 5.74) is 0. The van der Waals surface area contributed by atoms with Crippen LogP contribution in [-0.2, 0) is 4.79 Å². The SMILES string of the molecule is Cc1nnc(SCC(=O)Nc2nnc(C3CCCCC3)s2)n1C(C)C. The Morgan fingerprint density at radius 1 is 1.24 bits per heavy atom. The van der Waals surface area contributed by atoms with Crippen molar-refractivity contribution in [2.45, 2.75) is 70.0 Å². The molecular weight excluding hydrogens is 356 g/mol. The van der Waals surface area contributed by atoms with Crippen LogP contribution in [0.5, 0.6) is 0 Å². The smallest absolute Gasteiger partial charge is 0.236 e. The normalized spacial score (nSPS) is 15.7. The summed E-state index contributed by atoms with van der Waals surface area (Å²) >= 11 is 2.90. The third kappa shape index (κ3) is 4.58. The van der Waals surface area contributed by atoms with Gasteiger partial charge < -0.3 is 4.57 Å². The lowest BCUT2D eigenvalue weighted by atomic mass is 9.90. The minimum absolute atomic E-state index is 0.0905. The standard InChI is InChI=1S/C16H24N6OS2/c1-10(2)22-11(3)18-21-16(22)24-9-13(23)17-15-20-19-14(25-15)12-7-5-4-6-8-12/h10,12H,4-9H2,1-3H3,(H,17,20,23). The first-order chi connectivity index (χ1) is 12.0. The Labute approximate surface area is 156 Å². The molecular formula is C16H24N6OS2. The molecule has 0 aromatic carbocycles. The van der Waals surface area contributed by atoms with E-state index in [0.717, 1.165) is 16.0 Å². The van der Waals surface area contributed by atoms with Gasteiger partial charge in [0.1, 0.15) is 10.8 Å². The van der Waals surface area contributed by atoms with Crippen molar-refractivity contribution < 1.29 is 4.79 Å². The van der Waals surface area contributed by atoms with Crippen molar-refractivity contribution in [1.29, 1.82) is 0 Å². The first-order valence-electron chi connectivity index (χ1n) is 8.72. The van der Waals surface area contributed by atoms with Crippen LogP contribution in [0.15, 0.2) is 5.16 Å². The van der Waals surface area contributed by atoms with Gasteiger partial charge in [0.05, 0.1) is 5.75 Å². The van der Waals surface area contributed by atoms with Gasteiger partial charge in [0.2, 0.25) is 11.0 Å². The van der Waals surface area contributed by atoms with Crippen LogP contribution >= 0.6 is 23.1 Å². The van der Waals surface area contributed by atoms with E-state index in [1.807, 2.05) is 11.5 Å². The fraction of sp³-hybridized carbons (Fsp3) is 0.688. The van der Waals surface area contributed by atoms with E-state index in [2.05, 4.69) is 39.6 Å². The van der Waals surface area contributed by atoms with E-state index in [4.69, 9.17) is 0 Å². The number of amides is 1. The topological polar surface area (TPSA) is 85.6 Å². The third-order valence-electron chi connectivity index (χ3n) is 4.33. The lowest BCUT2D eigenvalue weighted by molar-refractivity contribution is -0.113. The summed E-state index contributed by atoms with van der Waals surface area (Å²) in [5, 5.41) is 21.9. The van der Waals surface area contributed by atoms with Crippen molar-refractivity contribution >= 4 is 34.1 Å². The van der Waals surface area contributed by atoms with Gasteiger partial charge in [-0.05, 0) is 33.6 Å². The summed E-state index contributed by atoms with van der Waals surface area (Å²) in [6.07, 6.45) is 6.21. The van der Waals surface area contributed by atoms with Crippen LogP contribution < -0.4 is 5.32 Å². The van der Waals surface area contributed by atoms with Crippen molar-refractivity contribution in [2.24, 2.45) is 0 Å². The number of aromatic nitrogens is 5. The van der Waals surface area contributed by atoms with Gasteiger partial charge >= 0.3 is 0 Å². The number of hydrogen-bond donors (Lipinski definition) is 1. The maximum atomic E-state index is 12.2. The van der Waals surface area contributed by atoms with Gasteiger partial charge in [-0.3, -0.25) is 10.1 Å². The number of carbonyl (C=O) groups excluding carboxylic acids is 1. The quantitative estimate of drug-likeness (QED) is 0.767. The molecule has 25 heavy (non-hydrogen) atoms. The van der Waals surface area contributed by atoms with Crippen molar-refractivity contribution in [2.75, 3.05) is 11.1 Å². The molecule has 0 spiro atoms. The fourth-order valence-electron chi connectivity index (χ4n) is 3.13. The number of anilines is 1. The van der Waals surface area contributed by atoms with Gasteiger partial charge in [-0.25, -0.2) is 0 Å². The zero-order chi connectivity index (χ0) is 17.8. The molecule has 0 unspecified atom stereocenters. The molecule has 7 nitrogen and oxygen atoms in total. The molecule has 1 fully saturated rings. The number of carbonyl (C=O) groups is 1. The highest BCUT2D eigenvalue weighted by molar-refractivity contribution is 7.99. The Kier molecular flexibility index (Phi) is 6.06. The molecule has 0 bridgehead atoms. The Morgan fingerprint density at radius 2 is 2.00 bits per heavy atom. The van der Waals surface area contributed by atoms with Crippen LogP contribution in [0, 0.1) is 6.92 Å². The highest BCUT2D eigenvalue weighted by Gasteiger charge is 2.20. The molecule has 9 heteroatoms. The molecule has 2 heterocycles. The first-order valence-corrected chi connectivity index (χ1v) is 10.5. The molecule has 1 aliphatic rings. The van der Waals surface area contributed by atoms with Gasteiger partial charge in [0.25, 0.3) is 0 Å². The highest BCUT2D eigenvalue weighted by atomic mass is 32.2. The first kappa shape index (κ1) is 18.3. The average Bonchev–Trinajstić information content (AvgIpc) is 3.20. The van der Waals surface area contributed by atoms with E-state index in [0.29, 0.717) is 11.0 Å². The van der Waals surface area contributed by atoms with E-state index in [1.54, 1.807) is 0 Å². The number of thioether (sulfide) groups is 1. The second-order valence-corrected chi connectivity index (χ2v) is 8.56. The Balaban J connectivity index is 1.54. The van der Waals surface area contributed by atoms with Gasteiger partial charge in [-0.1, -0.05) is 42.4 Å². The van der Waals surface area contributed by atoms with Crippen molar-refractivity contribution in [3.05, 3.63) is 10.8 Å². The van der Waals surface area contributed by atoms with Crippen LogP contribution in [0.25, 0.3) is 0 Å². The van der Waals surface area contributed by atoms with Gasteiger partial charge in [-0.15, -0.1) is 20.4 Å². The third-order valence-corrected chi connectivity index (χ3v) is 6.27. The summed E-state index contributed by atoms with van der Waals surface area (Å²) < 4.78 is 2.03. The van der Waals surface area contributed by atoms with Crippen LogP contribution in [0.2, 0.25) is 0 Å². The maximum absolute atomic E-state index is 12.2. The number of nitrogens with one attached hydrogen (secondary N) is 1. The van der Waals surface area contributed by atoms with E-state index < -0.39 is 0 Å². The van der Waals surface area contributed by atoms with Gasteiger partial charge in [-0.2, -0.15) is 0 Å². The summed E-state index contributed by atoms with van der Waals surface area (Å²) in [5.74, 6) is 1.56. The molecule has 0 aliphatic heterocycles. The van der Waals surface area contributed by atoms with E-state index in [1.165, 1.54) is 55.2 Å². The summed E-state index contributed by atoms with van der Waals surface area (Å²) in [6.45, 7) is 6.08. The zero-order valence-electron chi connectivity index (χ0n) is 14.9. The van der Waals surface area contributed by atoms with Gasteiger partial charge in [0.15, 0.2) is 5.16 Å². The summed E-state index contributed by atoms with van der Waals surface area (Å²) in [4.78, 5) is 12.2. The fourth-order valence-corrected chi connectivity index (χ4v) is 4.97. The van der Waals surface area contributed by atoms with Crippen molar-refractivity contribution in [3.63, 3.8) is 0 Å². The predicted molar refractivity (Wildman–Crippen MR) is 100 cm³/mol. The summed E-state index contributed by atoms with van der Waals surface area (Å²) in [6, 6.07) is 0.266. The summed E-state index contributed by atoms with van der Waals surface area (Å²) in [7, 11) is 0. The molecule has 2 aromatic rings. The Bertz CT molecular complexity index is 720. The van der Waals surface area contributed by atoms with Crippen LogP contribution in [0.1, 0.15) is 68.7 Å². The number of aryl methyl sites for hydroxylation is 1. The second-order valence-electron chi connectivity index (χ2n) is 6.61. The molecule has 3 rings (SSSR count). The second kappa shape index (κ2) is 8.27. The molecule has 2 aromatic heterocycles. The van der Waals surface area contributed by atoms with Crippen LogP contribution in [0.4, 0.5) is 5.13 Å². The maximum Gasteiger partial charge on any atom is 0.236 e. The molecule has 1 aliphatic carbocycles. The van der Waals surface area contributed by atoms with E-state index in [-0.39, 0.29) is 17.7 Å². The van der Waals surface area contributed by atoms with Crippen molar-refractivity contribution in [3.8, 4) is 0 Å². The molecule has 0 atom stereocenters. The Morgan fingerprint density at radius 3 is 2.72 bits per heavy atom. The number of nitrogens with zero attached hydrogens (tertiary/aromatic N) is 5. The molecule has 0 saturated heterocycles. The van der Waals surface area contributed by atoms with Gasteiger partial charge in [0, 0.05) is 12.0 Å². The van der Waals surface area contributed by atoms with Crippen LogP contribution in [0.3, 0.4) is 0 Å². The Hall–Kier alpha value is -1.48. The molecule has 136 valence electrons. The zero-order valence-corrected chi connectivity index (χ0v) is 16.5. The minimum Gasteiger partial charge on any atom is -0.304 e. The largest absolute Gasteiger partial charge is 0.304 e. The average molecular weight is 381 g/mol. The molecule has 1 saturated carbocycles. The van der Waals surface area contributed by atoms with Crippen LogP contribution in [-0.4, -0.2) is 36.6 Å². The van der Waals surface area contributed by atoms with E-state index >= 15 is 0 Å². The monoisotopic (exact) mass is 380 g/mol. The minimum atomic E-state index is -0.0905. The number of rotatable bonds is 6. The molecule has 0 radical (unpaired) electrons. The predicted octanol–water partition coefficient (Wildman–Crippen LogP) is 3.80. The lowest BCUT2D eigenvalue weighted by Gasteiger charge is -2.18. The lowest BCUT2D eigenvalue weighted by Crippen LogP contribution is -2.15.